The third kappa shape index (κ3) is 1.77. The molecule has 1 aromatic carbocycles. The molecule has 0 saturated carbocycles. The standard InChI is InChI=1S/C10H6N2O3/c13-6-11-9-5-12-15-10(9)7-2-1-3-8(14)4-7/h1-5,14H. The fourth-order valence-electron chi connectivity index (χ4n) is 1.21. The Morgan fingerprint density at radius 3 is 3.07 bits per heavy atom. The van der Waals surface area contributed by atoms with Gasteiger partial charge in [0.2, 0.25) is 6.08 Å². The maximum atomic E-state index is 10.1. The minimum Gasteiger partial charge on any atom is -0.508 e. The molecule has 0 amide bonds. The molecule has 0 fully saturated rings. The Morgan fingerprint density at radius 2 is 2.33 bits per heavy atom. The summed E-state index contributed by atoms with van der Waals surface area (Å²) in [5.41, 5.74) is 0.886. The van der Waals surface area contributed by atoms with Crippen molar-refractivity contribution in [1.82, 2.24) is 5.16 Å². The normalized spacial score (nSPS) is 9.60. The van der Waals surface area contributed by atoms with E-state index < -0.39 is 0 Å². The number of benzene rings is 1. The summed E-state index contributed by atoms with van der Waals surface area (Å²) in [5.74, 6) is 0.430. The second-order valence-corrected chi connectivity index (χ2v) is 2.79. The van der Waals surface area contributed by atoms with Gasteiger partial charge in [-0.25, -0.2) is 4.79 Å². The van der Waals surface area contributed by atoms with E-state index in [2.05, 4.69) is 10.1 Å². The molecule has 74 valence electrons. The number of aromatic hydroxyl groups is 1. The zero-order valence-electron chi connectivity index (χ0n) is 7.54. The van der Waals surface area contributed by atoms with Gasteiger partial charge in [-0.15, -0.1) is 0 Å². The summed E-state index contributed by atoms with van der Waals surface area (Å²) in [5, 5.41) is 12.8. The Labute approximate surface area is 84.7 Å². The Morgan fingerprint density at radius 1 is 1.47 bits per heavy atom. The van der Waals surface area contributed by atoms with Crippen LogP contribution in [-0.4, -0.2) is 16.3 Å². The van der Waals surface area contributed by atoms with E-state index in [4.69, 9.17) is 4.52 Å². The lowest BCUT2D eigenvalue weighted by atomic mass is 10.1. The monoisotopic (exact) mass is 202 g/mol. The molecule has 2 aromatic rings. The van der Waals surface area contributed by atoms with Crippen molar-refractivity contribution >= 4 is 11.8 Å². The third-order valence-electron chi connectivity index (χ3n) is 1.83. The number of aromatic nitrogens is 1. The van der Waals surface area contributed by atoms with E-state index in [0.29, 0.717) is 11.3 Å². The van der Waals surface area contributed by atoms with Crippen LogP contribution in [-0.2, 0) is 4.79 Å². The molecule has 1 heterocycles. The molecule has 0 aliphatic carbocycles. The summed E-state index contributed by atoms with van der Waals surface area (Å²) < 4.78 is 4.92. The summed E-state index contributed by atoms with van der Waals surface area (Å²) >= 11 is 0. The first kappa shape index (κ1) is 9.18. The Balaban J connectivity index is 2.53. The first-order chi connectivity index (χ1) is 7.31. The lowest BCUT2D eigenvalue weighted by Gasteiger charge is -1.96. The van der Waals surface area contributed by atoms with Gasteiger partial charge in [0.15, 0.2) is 5.76 Å². The minimum atomic E-state index is 0.102. The number of rotatable bonds is 2. The highest BCUT2D eigenvalue weighted by Gasteiger charge is 2.10. The molecule has 0 unspecified atom stereocenters. The van der Waals surface area contributed by atoms with Crippen LogP contribution in [0.3, 0.4) is 0 Å². The quantitative estimate of drug-likeness (QED) is 0.597. The number of phenols is 1. The molecule has 0 radical (unpaired) electrons. The number of carbonyl (C=O) groups excluding carboxylic acids is 1. The van der Waals surface area contributed by atoms with Gasteiger partial charge in [0, 0.05) is 5.56 Å². The molecular weight excluding hydrogens is 196 g/mol. The van der Waals surface area contributed by atoms with E-state index in [9.17, 15) is 9.90 Å². The summed E-state index contributed by atoms with van der Waals surface area (Å²) in [6.45, 7) is 0. The van der Waals surface area contributed by atoms with Gasteiger partial charge in [-0.3, -0.25) is 0 Å². The van der Waals surface area contributed by atoms with Gasteiger partial charge >= 0.3 is 0 Å². The van der Waals surface area contributed by atoms with Crippen LogP contribution in [0.2, 0.25) is 0 Å². The van der Waals surface area contributed by atoms with Crippen molar-refractivity contribution < 1.29 is 14.4 Å². The summed E-state index contributed by atoms with van der Waals surface area (Å²) in [4.78, 5) is 13.5. The van der Waals surface area contributed by atoms with Gasteiger partial charge in [0.25, 0.3) is 0 Å². The first-order valence-electron chi connectivity index (χ1n) is 4.13. The molecule has 15 heavy (non-hydrogen) atoms. The molecule has 0 spiro atoms. The van der Waals surface area contributed by atoms with Crippen molar-refractivity contribution in [3.63, 3.8) is 0 Å². The maximum absolute atomic E-state index is 10.1. The fourth-order valence-corrected chi connectivity index (χ4v) is 1.21. The topological polar surface area (TPSA) is 75.7 Å². The van der Waals surface area contributed by atoms with Gasteiger partial charge in [-0.05, 0) is 12.1 Å². The Hall–Kier alpha value is -2.39. The van der Waals surface area contributed by atoms with Gasteiger partial charge in [0.05, 0.1) is 6.20 Å². The van der Waals surface area contributed by atoms with Crippen LogP contribution in [0.15, 0.2) is 40.0 Å². The summed E-state index contributed by atoms with van der Waals surface area (Å²) in [6.07, 6.45) is 2.72. The number of isocyanates is 1. The molecule has 2 rings (SSSR count). The molecular formula is C10H6N2O3. The highest BCUT2D eigenvalue weighted by molar-refractivity contribution is 5.72. The van der Waals surface area contributed by atoms with E-state index >= 15 is 0 Å². The highest BCUT2D eigenvalue weighted by atomic mass is 16.5. The molecule has 5 heteroatoms. The van der Waals surface area contributed by atoms with Crippen molar-refractivity contribution in [2.75, 3.05) is 0 Å². The first-order valence-corrected chi connectivity index (χ1v) is 4.13. The smallest absolute Gasteiger partial charge is 0.240 e. The number of nitrogens with zero attached hydrogens (tertiary/aromatic N) is 2. The summed E-state index contributed by atoms with van der Waals surface area (Å²) in [7, 11) is 0. The van der Waals surface area contributed by atoms with Crippen LogP contribution in [0.25, 0.3) is 11.3 Å². The van der Waals surface area contributed by atoms with Crippen LogP contribution in [0.4, 0.5) is 5.69 Å². The summed E-state index contributed by atoms with van der Waals surface area (Å²) in [6, 6.07) is 6.39. The molecule has 0 aliphatic heterocycles. The molecule has 0 atom stereocenters. The average molecular weight is 202 g/mol. The molecule has 1 N–H and O–H groups in total. The zero-order valence-corrected chi connectivity index (χ0v) is 7.54. The lowest BCUT2D eigenvalue weighted by molar-refractivity contribution is 0.431. The maximum Gasteiger partial charge on any atom is 0.240 e. The second kappa shape index (κ2) is 3.77. The van der Waals surface area contributed by atoms with E-state index in [-0.39, 0.29) is 11.4 Å². The van der Waals surface area contributed by atoms with E-state index in [0.717, 1.165) is 0 Å². The van der Waals surface area contributed by atoms with Crippen molar-refractivity contribution in [3.8, 4) is 17.1 Å². The molecule has 0 bridgehead atoms. The number of phenolic OH excluding ortho intramolecular Hbond substituents is 1. The lowest BCUT2D eigenvalue weighted by Crippen LogP contribution is -1.74. The predicted molar refractivity (Wildman–Crippen MR) is 51.4 cm³/mol. The van der Waals surface area contributed by atoms with Crippen molar-refractivity contribution in [3.05, 3.63) is 30.5 Å². The third-order valence-corrected chi connectivity index (χ3v) is 1.83. The van der Waals surface area contributed by atoms with Crippen molar-refractivity contribution in [2.24, 2.45) is 4.99 Å². The van der Waals surface area contributed by atoms with E-state index in [1.807, 2.05) is 0 Å². The van der Waals surface area contributed by atoms with Crippen LogP contribution < -0.4 is 0 Å². The predicted octanol–water partition coefficient (Wildman–Crippen LogP) is 2.01. The van der Waals surface area contributed by atoms with Gasteiger partial charge in [-0.1, -0.05) is 17.3 Å². The molecule has 0 aliphatic rings. The fraction of sp³-hybridized carbons (Fsp3) is 0. The van der Waals surface area contributed by atoms with Gasteiger partial charge in [-0.2, -0.15) is 4.99 Å². The second-order valence-electron chi connectivity index (χ2n) is 2.79. The molecule has 0 saturated heterocycles. The van der Waals surface area contributed by atoms with Gasteiger partial charge in [0.1, 0.15) is 11.4 Å². The highest BCUT2D eigenvalue weighted by Crippen LogP contribution is 2.31. The van der Waals surface area contributed by atoms with Gasteiger partial charge < -0.3 is 9.63 Å². The van der Waals surface area contributed by atoms with Crippen molar-refractivity contribution in [2.45, 2.75) is 0 Å². The van der Waals surface area contributed by atoms with Crippen molar-refractivity contribution in [1.29, 1.82) is 0 Å². The molecule has 5 nitrogen and oxygen atoms in total. The molecule has 1 aromatic heterocycles. The number of hydrogen-bond donors (Lipinski definition) is 1. The van der Waals surface area contributed by atoms with Crippen LogP contribution in [0.5, 0.6) is 5.75 Å². The largest absolute Gasteiger partial charge is 0.508 e. The average Bonchev–Trinajstić information content (AvgIpc) is 2.66. The van der Waals surface area contributed by atoms with E-state index in [1.54, 1.807) is 12.1 Å². The Bertz CT molecular complexity index is 527. The number of hydrogen-bond acceptors (Lipinski definition) is 5. The van der Waals surface area contributed by atoms with Crippen LogP contribution in [0.1, 0.15) is 0 Å². The zero-order chi connectivity index (χ0) is 10.7. The Kier molecular flexibility index (Phi) is 2.31. The van der Waals surface area contributed by atoms with E-state index in [1.165, 1.54) is 24.4 Å². The SMILES string of the molecule is O=C=Nc1cnoc1-c1cccc(O)c1. The van der Waals surface area contributed by atoms with Crippen LogP contribution in [0, 0.1) is 0 Å². The number of aliphatic imine (C=N–C) groups is 1. The minimum absolute atomic E-state index is 0.102. The van der Waals surface area contributed by atoms with Crippen LogP contribution >= 0.6 is 0 Å².